The zero-order chi connectivity index (χ0) is 17.2. The summed E-state index contributed by atoms with van der Waals surface area (Å²) >= 11 is 0. The van der Waals surface area contributed by atoms with E-state index in [1.807, 2.05) is 36.4 Å². The number of carbonyl (C=O) groups is 2. The molecule has 0 aliphatic carbocycles. The Morgan fingerprint density at radius 1 is 1.04 bits per heavy atom. The molecule has 6 heteroatoms. The number of ether oxygens (including phenoxy) is 2. The molecule has 2 aliphatic rings. The van der Waals surface area contributed by atoms with Gasteiger partial charge in [0.15, 0.2) is 11.5 Å². The van der Waals surface area contributed by atoms with E-state index >= 15 is 0 Å². The van der Waals surface area contributed by atoms with Crippen molar-refractivity contribution in [1.82, 2.24) is 5.32 Å². The predicted molar refractivity (Wildman–Crippen MR) is 92.1 cm³/mol. The smallest absolute Gasteiger partial charge is 0.251 e. The van der Waals surface area contributed by atoms with Crippen LogP contribution in [-0.2, 0) is 4.79 Å². The number of benzene rings is 2. The van der Waals surface area contributed by atoms with Gasteiger partial charge in [-0.3, -0.25) is 9.59 Å². The molecule has 2 amide bonds. The maximum atomic E-state index is 12.4. The number of anilines is 1. The van der Waals surface area contributed by atoms with Crippen LogP contribution in [-0.4, -0.2) is 37.6 Å². The van der Waals surface area contributed by atoms with E-state index in [0.29, 0.717) is 36.8 Å². The van der Waals surface area contributed by atoms with Crippen molar-refractivity contribution in [3.8, 4) is 11.5 Å². The quantitative estimate of drug-likeness (QED) is 0.929. The number of nitrogens with zero attached hydrogens (tertiary/aromatic N) is 1. The highest BCUT2D eigenvalue weighted by molar-refractivity contribution is 5.99. The Bertz CT molecular complexity index is 806. The van der Waals surface area contributed by atoms with Gasteiger partial charge in [-0.25, -0.2) is 0 Å². The van der Waals surface area contributed by atoms with Crippen molar-refractivity contribution in [3.05, 3.63) is 54.1 Å². The highest BCUT2D eigenvalue weighted by Gasteiger charge is 2.32. The minimum atomic E-state index is -0.214. The van der Waals surface area contributed by atoms with Crippen LogP contribution in [0.3, 0.4) is 0 Å². The second-order valence-corrected chi connectivity index (χ2v) is 6.07. The summed E-state index contributed by atoms with van der Waals surface area (Å²) in [4.78, 5) is 26.3. The van der Waals surface area contributed by atoms with E-state index < -0.39 is 0 Å². The molecule has 2 aromatic carbocycles. The second-order valence-electron chi connectivity index (χ2n) is 6.07. The van der Waals surface area contributed by atoms with Crippen LogP contribution in [0.2, 0.25) is 0 Å². The molecule has 0 aromatic heterocycles. The normalized spacial score (nSPS) is 19.0. The summed E-state index contributed by atoms with van der Waals surface area (Å²) in [5.74, 6) is 1.15. The lowest BCUT2D eigenvalue weighted by Crippen LogP contribution is -2.37. The van der Waals surface area contributed by atoms with Gasteiger partial charge in [0, 0.05) is 30.3 Å². The van der Waals surface area contributed by atoms with Gasteiger partial charge < -0.3 is 19.7 Å². The molecule has 2 heterocycles. The van der Waals surface area contributed by atoms with Gasteiger partial charge in [-0.1, -0.05) is 18.2 Å². The van der Waals surface area contributed by atoms with Crippen LogP contribution in [0.15, 0.2) is 48.5 Å². The fourth-order valence-electron chi connectivity index (χ4n) is 3.11. The molecule has 0 unspecified atom stereocenters. The Labute approximate surface area is 145 Å². The van der Waals surface area contributed by atoms with Crippen molar-refractivity contribution in [1.29, 1.82) is 0 Å². The molecule has 1 saturated heterocycles. The summed E-state index contributed by atoms with van der Waals surface area (Å²) in [5, 5.41) is 2.93. The molecular formula is C19H18N2O4. The fourth-order valence-corrected chi connectivity index (χ4v) is 3.11. The van der Waals surface area contributed by atoms with Crippen LogP contribution in [0.4, 0.5) is 5.69 Å². The summed E-state index contributed by atoms with van der Waals surface area (Å²) in [6.07, 6.45) is 0.285. The van der Waals surface area contributed by atoms with Gasteiger partial charge in [0.1, 0.15) is 13.2 Å². The predicted octanol–water partition coefficient (Wildman–Crippen LogP) is 1.99. The van der Waals surface area contributed by atoms with Crippen molar-refractivity contribution in [2.45, 2.75) is 12.5 Å². The fraction of sp³-hybridized carbons (Fsp3) is 0.263. The third-order valence-corrected chi connectivity index (χ3v) is 4.33. The lowest BCUT2D eigenvalue weighted by Gasteiger charge is -2.22. The zero-order valence-electron chi connectivity index (χ0n) is 13.6. The molecule has 1 N–H and O–H groups in total. The van der Waals surface area contributed by atoms with E-state index in [1.165, 1.54) is 0 Å². The Kier molecular flexibility index (Phi) is 4.01. The van der Waals surface area contributed by atoms with E-state index in [0.717, 1.165) is 5.69 Å². The SMILES string of the molecule is O=C(N[C@H]1CC(=O)N(c2ccc3c(c2)OCCO3)C1)c1ccccc1. The molecule has 0 bridgehead atoms. The van der Waals surface area contributed by atoms with Crippen LogP contribution < -0.4 is 19.7 Å². The minimum absolute atomic E-state index is 0.0185. The first-order valence-corrected chi connectivity index (χ1v) is 8.26. The Balaban J connectivity index is 1.46. The molecule has 0 saturated carbocycles. The van der Waals surface area contributed by atoms with Crippen LogP contribution >= 0.6 is 0 Å². The summed E-state index contributed by atoms with van der Waals surface area (Å²) in [6.45, 7) is 1.47. The van der Waals surface area contributed by atoms with Gasteiger partial charge in [-0.2, -0.15) is 0 Å². The number of carbonyl (C=O) groups excluding carboxylic acids is 2. The summed E-state index contributed by atoms with van der Waals surface area (Å²) < 4.78 is 11.1. The Morgan fingerprint density at radius 2 is 1.80 bits per heavy atom. The molecule has 128 valence electrons. The monoisotopic (exact) mass is 338 g/mol. The number of nitrogens with one attached hydrogen (secondary N) is 1. The van der Waals surface area contributed by atoms with Crippen molar-refractivity contribution in [2.24, 2.45) is 0 Å². The van der Waals surface area contributed by atoms with Gasteiger partial charge in [0.05, 0.1) is 6.04 Å². The highest BCUT2D eigenvalue weighted by atomic mass is 16.6. The van der Waals surface area contributed by atoms with Gasteiger partial charge in [0.2, 0.25) is 5.91 Å². The number of rotatable bonds is 3. The number of hydrogen-bond acceptors (Lipinski definition) is 4. The van der Waals surface area contributed by atoms with E-state index in [1.54, 1.807) is 17.0 Å². The lowest BCUT2D eigenvalue weighted by atomic mass is 10.2. The Morgan fingerprint density at radius 3 is 2.60 bits per heavy atom. The average molecular weight is 338 g/mol. The molecule has 2 aromatic rings. The number of fused-ring (bicyclic) bond motifs is 1. The van der Waals surface area contributed by atoms with Gasteiger partial charge in [-0.15, -0.1) is 0 Å². The van der Waals surface area contributed by atoms with Crippen LogP contribution in [0.5, 0.6) is 11.5 Å². The van der Waals surface area contributed by atoms with Crippen LogP contribution in [0, 0.1) is 0 Å². The molecule has 4 rings (SSSR count). The maximum Gasteiger partial charge on any atom is 0.251 e. The summed E-state index contributed by atoms with van der Waals surface area (Å²) in [5.41, 5.74) is 1.35. The van der Waals surface area contributed by atoms with Crippen molar-refractivity contribution in [2.75, 3.05) is 24.7 Å². The van der Waals surface area contributed by atoms with E-state index in [2.05, 4.69) is 5.32 Å². The standard InChI is InChI=1S/C19H18N2O4/c22-18-10-14(20-19(23)13-4-2-1-3-5-13)12-21(18)15-6-7-16-17(11-15)25-9-8-24-16/h1-7,11,14H,8-10,12H2,(H,20,23)/t14-/m0/s1. The first-order valence-electron chi connectivity index (χ1n) is 8.26. The van der Waals surface area contributed by atoms with Gasteiger partial charge in [-0.05, 0) is 24.3 Å². The zero-order valence-corrected chi connectivity index (χ0v) is 13.6. The maximum absolute atomic E-state index is 12.4. The van der Waals surface area contributed by atoms with E-state index in [9.17, 15) is 9.59 Å². The summed E-state index contributed by atoms with van der Waals surface area (Å²) in [6, 6.07) is 14.3. The molecule has 1 atom stereocenters. The molecule has 6 nitrogen and oxygen atoms in total. The third-order valence-electron chi connectivity index (χ3n) is 4.33. The molecule has 0 spiro atoms. The molecule has 25 heavy (non-hydrogen) atoms. The topological polar surface area (TPSA) is 67.9 Å². The van der Waals surface area contributed by atoms with Crippen molar-refractivity contribution in [3.63, 3.8) is 0 Å². The molecular weight excluding hydrogens is 320 g/mol. The average Bonchev–Trinajstić information content (AvgIpc) is 3.02. The molecule has 2 aliphatic heterocycles. The second kappa shape index (κ2) is 6.47. The van der Waals surface area contributed by atoms with Gasteiger partial charge in [0.25, 0.3) is 5.91 Å². The minimum Gasteiger partial charge on any atom is -0.486 e. The molecule has 0 radical (unpaired) electrons. The third kappa shape index (κ3) is 3.15. The lowest BCUT2D eigenvalue weighted by molar-refractivity contribution is -0.117. The van der Waals surface area contributed by atoms with Crippen molar-refractivity contribution >= 4 is 17.5 Å². The number of hydrogen-bond donors (Lipinski definition) is 1. The summed E-state index contributed by atoms with van der Waals surface area (Å²) in [7, 11) is 0. The van der Waals surface area contributed by atoms with E-state index in [-0.39, 0.29) is 24.3 Å². The highest BCUT2D eigenvalue weighted by Crippen LogP contribution is 2.35. The molecule has 1 fully saturated rings. The van der Waals surface area contributed by atoms with Crippen LogP contribution in [0.1, 0.15) is 16.8 Å². The number of amides is 2. The largest absolute Gasteiger partial charge is 0.486 e. The van der Waals surface area contributed by atoms with Crippen LogP contribution in [0.25, 0.3) is 0 Å². The Hall–Kier alpha value is -3.02. The van der Waals surface area contributed by atoms with E-state index in [4.69, 9.17) is 9.47 Å². The first kappa shape index (κ1) is 15.5. The van der Waals surface area contributed by atoms with Gasteiger partial charge >= 0.3 is 0 Å². The van der Waals surface area contributed by atoms with Crippen molar-refractivity contribution < 1.29 is 19.1 Å². The first-order chi connectivity index (χ1) is 12.2.